The molecule has 0 bridgehead atoms. The highest BCUT2D eigenvalue weighted by atomic mass is 19.1. The van der Waals surface area contributed by atoms with Crippen LogP contribution >= 0.6 is 0 Å². The summed E-state index contributed by atoms with van der Waals surface area (Å²) in [6.45, 7) is 1.73. The molecule has 1 aliphatic carbocycles. The van der Waals surface area contributed by atoms with Crippen molar-refractivity contribution in [1.29, 1.82) is 0 Å². The molecule has 1 saturated carbocycles. The van der Waals surface area contributed by atoms with Crippen molar-refractivity contribution in [2.24, 2.45) is 5.73 Å². The van der Waals surface area contributed by atoms with Gasteiger partial charge in [0.05, 0.1) is 5.41 Å². The number of aryl methyl sites for hydroxylation is 1. The maximum atomic E-state index is 13.3. The Bertz CT molecular complexity index is 760. The smallest absolute Gasteiger partial charge is 0.252 e. The molecule has 5 heteroatoms. The molecule has 3 N–H and O–H groups in total. The molecule has 1 amide bonds. The summed E-state index contributed by atoms with van der Waals surface area (Å²) in [7, 11) is 0. The molecule has 3 rings (SSSR count). The molecule has 1 fully saturated rings. The topological polar surface area (TPSA) is 76.0 Å². The van der Waals surface area contributed by atoms with Crippen LogP contribution in [-0.4, -0.2) is 10.9 Å². The lowest BCUT2D eigenvalue weighted by molar-refractivity contribution is -0.120. The van der Waals surface area contributed by atoms with E-state index in [0.29, 0.717) is 34.9 Å². The van der Waals surface area contributed by atoms with Crippen LogP contribution in [0, 0.1) is 12.7 Å². The first-order valence-corrected chi connectivity index (χ1v) is 6.08. The van der Waals surface area contributed by atoms with Crippen LogP contribution in [0.2, 0.25) is 0 Å². The molecule has 0 saturated heterocycles. The fourth-order valence-electron chi connectivity index (χ4n) is 2.75. The van der Waals surface area contributed by atoms with Crippen molar-refractivity contribution in [2.75, 3.05) is 0 Å². The quantitative estimate of drug-likeness (QED) is 0.858. The Morgan fingerprint density at radius 2 is 2.11 bits per heavy atom. The van der Waals surface area contributed by atoms with E-state index in [1.54, 1.807) is 6.92 Å². The largest absolute Gasteiger partial charge is 0.369 e. The molecule has 0 radical (unpaired) electrons. The van der Waals surface area contributed by atoms with Gasteiger partial charge in [0.25, 0.3) is 5.56 Å². The zero-order valence-corrected chi connectivity index (χ0v) is 10.4. The number of nitrogens with two attached hydrogens (primary N) is 1. The van der Waals surface area contributed by atoms with Gasteiger partial charge in [0, 0.05) is 16.5 Å². The number of halogens is 1. The van der Waals surface area contributed by atoms with Gasteiger partial charge in [-0.05, 0) is 43.5 Å². The number of rotatable bonds is 2. The van der Waals surface area contributed by atoms with Crippen molar-refractivity contribution < 1.29 is 9.18 Å². The van der Waals surface area contributed by atoms with E-state index in [1.165, 1.54) is 18.2 Å². The van der Waals surface area contributed by atoms with Crippen molar-refractivity contribution >= 4 is 16.8 Å². The number of carbonyl (C=O) groups is 1. The number of hydrogen-bond donors (Lipinski definition) is 2. The van der Waals surface area contributed by atoms with Crippen molar-refractivity contribution in [3.05, 3.63) is 45.5 Å². The molecule has 0 aliphatic heterocycles. The third-order valence-electron chi connectivity index (χ3n) is 3.94. The lowest BCUT2D eigenvalue weighted by Gasteiger charge is -2.15. The highest BCUT2D eigenvalue weighted by Gasteiger charge is 2.52. The Morgan fingerprint density at radius 3 is 2.68 bits per heavy atom. The molecule has 0 unspecified atom stereocenters. The third kappa shape index (κ3) is 1.58. The Labute approximate surface area is 108 Å². The molecule has 0 atom stereocenters. The van der Waals surface area contributed by atoms with Gasteiger partial charge in [0.15, 0.2) is 0 Å². The number of H-pyrrole nitrogens is 1. The lowest BCUT2D eigenvalue weighted by atomic mass is 9.90. The average Bonchev–Trinajstić information content (AvgIpc) is 3.12. The van der Waals surface area contributed by atoms with E-state index in [2.05, 4.69) is 4.98 Å². The maximum absolute atomic E-state index is 13.3. The van der Waals surface area contributed by atoms with Gasteiger partial charge in [-0.3, -0.25) is 9.59 Å². The number of pyridine rings is 1. The Kier molecular flexibility index (Phi) is 2.29. The average molecular weight is 260 g/mol. The summed E-state index contributed by atoms with van der Waals surface area (Å²) < 4.78 is 13.3. The monoisotopic (exact) mass is 260 g/mol. The predicted molar refractivity (Wildman–Crippen MR) is 69.4 cm³/mol. The molecule has 98 valence electrons. The minimum Gasteiger partial charge on any atom is -0.369 e. The van der Waals surface area contributed by atoms with E-state index < -0.39 is 11.3 Å². The van der Waals surface area contributed by atoms with Crippen LogP contribution < -0.4 is 11.3 Å². The molecule has 2 aromatic rings. The van der Waals surface area contributed by atoms with Crippen molar-refractivity contribution in [1.82, 2.24) is 4.98 Å². The van der Waals surface area contributed by atoms with Gasteiger partial charge in [0.2, 0.25) is 5.91 Å². The van der Waals surface area contributed by atoms with Crippen LogP contribution in [0.4, 0.5) is 4.39 Å². The maximum Gasteiger partial charge on any atom is 0.252 e. The number of primary amides is 1. The Hall–Kier alpha value is -2.17. The zero-order chi connectivity index (χ0) is 13.8. The molecule has 1 aliphatic rings. The summed E-state index contributed by atoms with van der Waals surface area (Å²) in [4.78, 5) is 26.5. The van der Waals surface area contributed by atoms with E-state index in [9.17, 15) is 14.0 Å². The van der Waals surface area contributed by atoms with E-state index >= 15 is 0 Å². The SMILES string of the molecule is Cc1c(C2(C(N)=O)CC2)c(=O)[nH]c2ccc(F)cc12. The summed E-state index contributed by atoms with van der Waals surface area (Å²) in [5, 5.41) is 0.613. The van der Waals surface area contributed by atoms with Crippen LogP contribution in [0.15, 0.2) is 23.0 Å². The van der Waals surface area contributed by atoms with Gasteiger partial charge in [-0.15, -0.1) is 0 Å². The molecule has 1 heterocycles. The van der Waals surface area contributed by atoms with Gasteiger partial charge in [-0.25, -0.2) is 4.39 Å². The molecule has 1 aromatic carbocycles. The molecule has 19 heavy (non-hydrogen) atoms. The highest BCUT2D eigenvalue weighted by molar-refractivity contribution is 5.93. The number of aromatic amines is 1. The van der Waals surface area contributed by atoms with Crippen molar-refractivity contribution in [3.63, 3.8) is 0 Å². The number of benzene rings is 1. The predicted octanol–water partition coefficient (Wildman–Crippen LogP) is 1.49. The first kappa shape index (κ1) is 11.9. The van der Waals surface area contributed by atoms with E-state index in [-0.39, 0.29) is 11.4 Å². The van der Waals surface area contributed by atoms with Gasteiger partial charge in [-0.1, -0.05) is 0 Å². The van der Waals surface area contributed by atoms with E-state index in [1.807, 2.05) is 0 Å². The first-order valence-electron chi connectivity index (χ1n) is 6.08. The van der Waals surface area contributed by atoms with Gasteiger partial charge in [0.1, 0.15) is 5.82 Å². The lowest BCUT2D eigenvalue weighted by Crippen LogP contribution is -2.34. The van der Waals surface area contributed by atoms with Gasteiger partial charge in [-0.2, -0.15) is 0 Å². The fraction of sp³-hybridized carbons (Fsp3) is 0.286. The van der Waals surface area contributed by atoms with E-state index in [0.717, 1.165) is 0 Å². The Morgan fingerprint density at radius 1 is 1.42 bits per heavy atom. The number of nitrogens with one attached hydrogen (secondary N) is 1. The van der Waals surface area contributed by atoms with E-state index in [4.69, 9.17) is 5.73 Å². The van der Waals surface area contributed by atoms with Crippen LogP contribution in [0.1, 0.15) is 24.0 Å². The second-order valence-electron chi connectivity index (χ2n) is 5.09. The minimum atomic E-state index is -0.863. The summed E-state index contributed by atoms with van der Waals surface area (Å²) in [5.41, 5.74) is 5.82. The van der Waals surface area contributed by atoms with Crippen LogP contribution in [-0.2, 0) is 10.2 Å². The summed E-state index contributed by atoms with van der Waals surface area (Å²) in [5.74, 6) is -0.866. The number of hydrogen-bond acceptors (Lipinski definition) is 2. The highest BCUT2D eigenvalue weighted by Crippen LogP contribution is 2.48. The number of fused-ring (bicyclic) bond motifs is 1. The third-order valence-corrected chi connectivity index (χ3v) is 3.94. The summed E-state index contributed by atoms with van der Waals surface area (Å²) >= 11 is 0. The standard InChI is InChI=1S/C14H13FN2O2/c1-7-9-6-8(15)2-3-10(9)17-12(18)11(7)14(4-5-14)13(16)19/h2-3,6H,4-5H2,1H3,(H2,16,19)(H,17,18). The molecule has 4 nitrogen and oxygen atoms in total. The second-order valence-corrected chi connectivity index (χ2v) is 5.09. The number of aromatic nitrogens is 1. The van der Waals surface area contributed by atoms with Gasteiger partial charge < -0.3 is 10.7 Å². The number of carbonyl (C=O) groups excluding carboxylic acids is 1. The zero-order valence-electron chi connectivity index (χ0n) is 10.4. The summed E-state index contributed by atoms with van der Waals surface area (Å²) in [6, 6.07) is 4.17. The molecule has 1 aromatic heterocycles. The molecular weight excluding hydrogens is 247 g/mol. The van der Waals surface area contributed by atoms with Crippen LogP contribution in [0.25, 0.3) is 10.9 Å². The van der Waals surface area contributed by atoms with Crippen LogP contribution in [0.3, 0.4) is 0 Å². The van der Waals surface area contributed by atoms with Gasteiger partial charge >= 0.3 is 0 Å². The summed E-state index contributed by atoms with van der Waals surface area (Å²) in [6.07, 6.45) is 1.15. The van der Waals surface area contributed by atoms with Crippen LogP contribution in [0.5, 0.6) is 0 Å². The normalized spacial score (nSPS) is 16.5. The Balaban J connectivity index is 2.38. The molecular formula is C14H13FN2O2. The van der Waals surface area contributed by atoms with Crippen molar-refractivity contribution in [3.8, 4) is 0 Å². The van der Waals surface area contributed by atoms with Crippen molar-refractivity contribution in [2.45, 2.75) is 25.2 Å². The molecule has 0 spiro atoms. The first-order chi connectivity index (χ1) is 8.95. The fourth-order valence-corrected chi connectivity index (χ4v) is 2.75. The second kappa shape index (κ2) is 3.66. The minimum absolute atomic E-state index is 0.312. The number of amides is 1.